The SMILES string of the molecule is CC(=O)c1ccc(-c2c(F)cccc2-c2ccccc2)cc1. The molecule has 0 bridgehead atoms. The van der Waals surface area contributed by atoms with Crippen molar-refractivity contribution in [2.75, 3.05) is 0 Å². The fraction of sp³-hybridized carbons (Fsp3) is 0.0500. The van der Waals surface area contributed by atoms with Crippen LogP contribution in [0.25, 0.3) is 22.3 Å². The summed E-state index contributed by atoms with van der Waals surface area (Å²) < 4.78 is 14.4. The Morgan fingerprint density at radius 1 is 0.773 bits per heavy atom. The Labute approximate surface area is 129 Å². The Balaban J connectivity index is 2.16. The van der Waals surface area contributed by atoms with Crippen LogP contribution < -0.4 is 0 Å². The van der Waals surface area contributed by atoms with Gasteiger partial charge in [0.15, 0.2) is 5.78 Å². The summed E-state index contributed by atoms with van der Waals surface area (Å²) in [7, 11) is 0. The van der Waals surface area contributed by atoms with E-state index in [1.807, 2.05) is 36.4 Å². The standard InChI is InChI=1S/C20H15FO/c1-14(22)15-10-12-17(13-11-15)20-18(8-5-9-19(20)21)16-6-3-2-4-7-16/h2-13H,1H3. The second-order valence-corrected chi connectivity index (χ2v) is 5.16. The molecule has 0 aliphatic heterocycles. The van der Waals surface area contributed by atoms with Crippen LogP contribution in [0.1, 0.15) is 17.3 Å². The normalized spacial score (nSPS) is 10.5. The molecule has 0 unspecified atom stereocenters. The third-order valence-corrected chi connectivity index (χ3v) is 3.68. The first-order chi connectivity index (χ1) is 10.7. The molecule has 0 aliphatic carbocycles. The predicted octanol–water partition coefficient (Wildman–Crippen LogP) is 5.36. The molecule has 22 heavy (non-hydrogen) atoms. The summed E-state index contributed by atoms with van der Waals surface area (Å²) in [4.78, 5) is 11.4. The Morgan fingerprint density at radius 3 is 2.09 bits per heavy atom. The minimum atomic E-state index is -0.267. The lowest BCUT2D eigenvalue weighted by molar-refractivity contribution is 0.101. The van der Waals surface area contributed by atoms with E-state index in [0.29, 0.717) is 11.1 Å². The van der Waals surface area contributed by atoms with Gasteiger partial charge in [0, 0.05) is 11.1 Å². The zero-order valence-corrected chi connectivity index (χ0v) is 12.2. The van der Waals surface area contributed by atoms with Gasteiger partial charge in [0.2, 0.25) is 0 Å². The predicted molar refractivity (Wildman–Crippen MR) is 87.3 cm³/mol. The van der Waals surface area contributed by atoms with Gasteiger partial charge in [0.1, 0.15) is 5.82 Å². The van der Waals surface area contributed by atoms with Crippen LogP contribution in [0.2, 0.25) is 0 Å². The van der Waals surface area contributed by atoms with Crippen molar-refractivity contribution in [2.24, 2.45) is 0 Å². The number of benzene rings is 3. The van der Waals surface area contributed by atoms with Crippen LogP contribution >= 0.6 is 0 Å². The number of hydrogen-bond donors (Lipinski definition) is 0. The van der Waals surface area contributed by atoms with Crippen LogP contribution in [0.15, 0.2) is 72.8 Å². The first-order valence-corrected chi connectivity index (χ1v) is 7.12. The van der Waals surface area contributed by atoms with Crippen molar-refractivity contribution in [3.05, 3.63) is 84.2 Å². The van der Waals surface area contributed by atoms with E-state index in [-0.39, 0.29) is 11.6 Å². The molecule has 0 amide bonds. The minimum Gasteiger partial charge on any atom is -0.295 e. The monoisotopic (exact) mass is 290 g/mol. The number of carbonyl (C=O) groups excluding carboxylic acids is 1. The number of hydrogen-bond acceptors (Lipinski definition) is 1. The Hall–Kier alpha value is -2.74. The van der Waals surface area contributed by atoms with Crippen LogP contribution in [0.4, 0.5) is 4.39 Å². The van der Waals surface area contributed by atoms with Gasteiger partial charge in [-0.25, -0.2) is 4.39 Å². The number of ketones is 1. The van der Waals surface area contributed by atoms with E-state index in [2.05, 4.69) is 0 Å². The highest BCUT2D eigenvalue weighted by atomic mass is 19.1. The molecule has 0 aliphatic rings. The summed E-state index contributed by atoms with van der Waals surface area (Å²) in [5.41, 5.74) is 3.76. The highest BCUT2D eigenvalue weighted by Gasteiger charge is 2.12. The topological polar surface area (TPSA) is 17.1 Å². The minimum absolute atomic E-state index is 0.00312. The maximum atomic E-state index is 14.4. The van der Waals surface area contributed by atoms with E-state index < -0.39 is 0 Å². The largest absolute Gasteiger partial charge is 0.295 e. The summed E-state index contributed by atoms with van der Waals surface area (Å²) in [5.74, 6) is -0.264. The Bertz CT molecular complexity index is 805. The average molecular weight is 290 g/mol. The second kappa shape index (κ2) is 5.94. The van der Waals surface area contributed by atoms with E-state index in [1.54, 1.807) is 30.3 Å². The van der Waals surface area contributed by atoms with Gasteiger partial charge in [-0.15, -0.1) is 0 Å². The lowest BCUT2D eigenvalue weighted by Crippen LogP contribution is -1.93. The Kier molecular flexibility index (Phi) is 3.84. The molecular formula is C20H15FO. The molecular weight excluding hydrogens is 275 g/mol. The van der Waals surface area contributed by atoms with Gasteiger partial charge >= 0.3 is 0 Å². The number of halogens is 1. The quantitative estimate of drug-likeness (QED) is 0.593. The van der Waals surface area contributed by atoms with E-state index >= 15 is 0 Å². The molecule has 0 N–H and O–H groups in total. The summed E-state index contributed by atoms with van der Waals surface area (Å²) in [6, 6.07) is 21.9. The van der Waals surface area contributed by atoms with E-state index in [9.17, 15) is 9.18 Å². The van der Waals surface area contributed by atoms with E-state index in [1.165, 1.54) is 13.0 Å². The molecule has 0 saturated heterocycles. The molecule has 2 heteroatoms. The summed E-state index contributed by atoms with van der Waals surface area (Å²) in [6.07, 6.45) is 0. The fourth-order valence-electron chi connectivity index (χ4n) is 2.55. The maximum Gasteiger partial charge on any atom is 0.159 e. The number of carbonyl (C=O) groups is 1. The van der Waals surface area contributed by atoms with E-state index in [4.69, 9.17) is 0 Å². The zero-order valence-electron chi connectivity index (χ0n) is 12.2. The highest BCUT2D eigenvalue weighted by Crippen LogP contribution is 2.34. The average Bonchev–Trinajstić information content (AvgIpc) is 2.55. The third kappa shape index (κ3) is 2.68. The van der Waals surface area contributed by atoms with Gasteiger partial charge in [-0.1, -0.05) is 66.7 Å². The van der Waals surface area contributed by atoms with Crippen LogP contribution in [-0.2, 0) is 0 Å². The van der Waals surface area contributed by atoms with Gasteiger partial charge in [-0.2, -0.15) is 0 Å². The first kappa shape index (κ1) is 14.2. The van der Waals surface area contributed by atoms with Gasteiger partial charge in [0.25, 0.3) is 0 Å². The zero-order chi connectivity index (χ0) is 15.5. The third-order valence-electron chi connectivity index (χ3n) is 3.68. The molecule has 108 valence electrons. The fourth-order valence-corrected chi connectivity index (χ4v) is 2.55. The van der Waals surface area contributed by atoms with Crippen molar-refractivity contribution in [1.29, 1.82) is 0 Å². The van der Waals surface area contributed by atoms with Crippen molar-refractivity contribution < 1.29 is 9.18 Å². The molecule has 0 spiro atoms. The molecule has 0 aromatic heterocycles. The van der Waals surface area contributed by atoms with Gasteiger partial charge in [-0.3, -0.25) is 4.79 Å². The van der Waals surface area contributed by atoms with Crippen molar-refractivity contribution in [1.82, 2.24) is 0 Å². The van der Waals surface area contributed by atoms with E-state index in [0.717, 1.165) is 16.7 Å². The van der Waals surface area contributed by atoms with Crippen molar-refractivity contribution in [3.63, 3.8) is 0 Å². The van der Waals surface area contributed by atoms with Crippen LogP contribution in [0.5, 0.6) is 0 Å². The molecule has 0 saturated carbocycles. The van der Waals surface area contributed by atoms with Gasteiger partial charge in [-0.05, 0) is 29.7 Å². The number of rotatable bonds is 3. The molecule has 3 rings (SSSR count). The van der Waals surface area contributed by atoms with Crippen LogP contribution in [-0.4, -0.2) is 5.78 Å². The molecule has 0 fully saturated rings. The van der Waals surface area contributed by atoms with Crippen molar-refractivity contribution in [3.8, 4) is 22.3 Å². The maximum absolute atomic E-state index is 14.4. The molecule has 0 radical (unpaired) electrons. The Morgan fingerprint density at radius 2 is 1.45 bits per heavy atom. The van der Waals surface area contributed by atoms with Crippen LogP contribution in [0, 0.1) is 5.82 Å². The van der Waals surface area contributed by atoms with Crippen LogP contribution in [0.3, 0.4) is 0 Å². The molecule has 3 aromatic carbocycles. The second-order valence-electron chi connectivity index (χ2n) is 5.16. The molecule has 0 heterocycles. The molecule has 3 aromatic rings. The lowest BCUT2D eigenvalue weighted by Gasteiger charge is -2.11. The van der Waals surface area contributed by atoms with Crippen molar-refractivity contribution in [2.45, 2.75) is 6.92 Å². The number of Topliss-reactive ketones (excluding diaryl/α,β-unsaturated/α-hetero) is 1. The van der Waals surface area contributed by atoms with Gasteiger partial charge in [0.05, 0.1) is 0 Å². The van der Waals surface area contributed by atoms with Gasteiger partial charge < -0.3 is 0 Å². The highest BCUT2D eigenvalue weighted by molar-refractivity contribution is 5.95. The van der Waals surface area contributed by atoms with Crippen molar-refractivity contribution >= 4 is 5.78 Å². The molecule has 0 atom stereocenters. The first-order valence-electron chi connectivity index (χ1n) is 7.12. The smallest absolute Gasteiger partial charge is 0.159 e. The lowest BCUT2D eigenvalue weighted by atomic mass is 9.93. The summed E-state index contributed by atoms with van der Waals surface area (Å²) >= 11 is 0. The molecule has 1 nitrogen and oxygen atoms in total. The summed E-state index contributed by atoms with van der Waals surface area (Å²) in [6.45, 7) is 1.52. The summed E-state index contributed by atoms with van der Waals surface area (Å²) in [5, 5.41) is 0.